The second-order valence-corrected chi connectivity index (χ2v) is 5.71. The van der Waals surface area contributed by atoms with Gasteiger partial charge in [-0.25, -0.2) is 9.07 Å². The summed E-state index contributed by atoms with van der Waals surface area (Å²) in [4.78, 5) is 0. The molecule has 2 aromatic rings. The van der Waals surface area contributed by atoms with Crippen molar-refractivity contribution in [1.29, 1.82) is 0 Å². The molecule has 0 spiro atoms. The van der Waals surface area contributed by atoms with Gasteiger partial charge in [0, 0.05) is 23.4 Å². The smallest absolute Gasteiger partial charge is 0.182 e. The number of nitrogens with zero attached hydrogens (tertiary/aromatic N) is 4. The number of nitrogen functional groups attached to an aromatic ring is 1. The summed E-state index contributed by atoms with van der Waals surface area (Å²) < 4.78 is 21.3. The van der Waals surface area contributed by atoms with Crippen LogP contribution in [0, 0.1) is 12.7 Å². The van der Waals surface area contributed by atoms with Crippen LogP contribution < -0.4 is 5.73 Å². The predicted octanol–water partition coefficient (Wildman–Crippen LogP) is 1.89. The number of ether oxygens (including phenoxy) is 1. The van der Waals surface area contributed by atoms with Crippen LogP contribution in [-0.2, 0) is 10.3 Å². The van der Waals surface area contributed by atoms with E-state index >= 15 is 0 Å². The summed E-state index contributed by atoms with van der Waals surface area (Å²) in [5.41, 5.74) is 6.89. The van der Waals surface area contributed by atoms with E-state index in [9.17, 15) is 4.39 Å². The van der Waals surface area contributed by atoms with Crippen molar-refractivity contribution in [2.45, 2.75) is 38.8 Å². The molecule has 1 aliphatic heterocycles. The summed E-state index contributed by atoms with van der Waals surface area (Å²) in [6, 6.07) is 3.11. The number of anilines is 1. The van der Waals surface area contributed by atoms with Crippen LogP contribution in [0.15, 0.2) is 12.1 Å². The van der Waals surface area contributed by atoms with E-state index in [1.54, 1.807) is 17.7 Å². The van der Waals surface area contributed by atoms with E-state index in [0.717, 1.165) is 6.42 Å². The summed E-state index contributed by atoms with van der Waals surface area (Å²) >= 11 is 0. The molecule has 112 valence electrons. The molecule has 1 aromatic carbocycles. The largest absolute Gasteiger partial charge is 0.398 e. The van der Waals surface area contributed by atoms with Crippen molar-refractivity contribution in [1.82, 2.24) is 20.2 Å². The Labute approximate surface area is 122 Å². The molecule has 2 N–H and O–H groups in total. The van der Waals surface area contributed by atoms with Crippen molar-refractivity contribution >= 4 is 5.69 Å². The molecule has 6 nitrogen and oxygen atoms in total. The first-order valence-electron chi connectivity index (χ1n) is 6.90. The van der Waals surface area contributed by atoms with Crippen LogP contribution in [0.5, 0.6) is 0 Å². The van der Waals surface area contributed by atoms with Gasteiger partial charge in [-0.1, -0.05) is 0 Å². The highest BCUT2D eigenvalue weighted by Crippen LogP contribution is 2.35. The Balaban J connectivity index is 2.12. The number of benzene rings is 1. The number of nitrogens with two attached hydrogens (primary N) is 1. The zero-order valence-electron chi connectivity index (χ0n) is 12.3. The third-order valence-corrected chi connectivity index (χ3v) is 4.45. The summed E-state index contributed by atoms with van der Waals surface area (Å²) in [6.07, 6.45) is 0.781. The van der Waals surface area contributed by atoms with E-state index in [1.807, 2.05) is 13.8 Å². The highest BCUT2D eigenvalue weighted by atomic mass is 19.1. The predicted molar refractivity (Wildman–Crippen MR) is 76.0 cm³/mol. The van der Waals surface area contributed by atoms with Gasteiger partial charge in [0.05, 0.1) is 11.6 Å². The Bertz CT molecular complexity index is 663. The van der Waals surface area contributed by atoms with Gasteiger partial charge in [-0.15, -0.1) is 5.10 Å². The van der Waals surface area contributed by atoms with Gasteiger partial charge in [-0.3, -0.25) is 0 Å². The van der Waals surface area contributed by atoms with Crippen LogP contribution in [0.25, 0.3) is 11.4 Å². The van der Waals surface area contributed by atoms with Crippen molar-refractivity contribution in [2.75, 3.05) is 12.3 Å². The molecule has 2 atom stereocenters. The highest BCUT2D eigenvalue weighted by molar-refractivity contribution is 5.64. The average molecular weight is 291 g/mol. The second-order valence-electron chi connectivity index (χ2n) is 5.71. The molecule has 1 aromatic heterocycles. The standard InChI is InChI=1S/C14H18FN5O/c1-8-11(15)6-10(7-12(8)16)13-17-18-19-20(13)14(3)4-5-21-9(14)2/h6-7,9H,4-5,16H2,1-3H3. The molecule has 0 amide bonds. The fourth-order valence-electron chi connectivity index (χ4n) is 2.64. The summed E-state index contributed by atoms with van der Waals surface area (Å²) in [6.45, 7) is 6.33. The molecule has 1 saturated heterocycles. The fraction of sp³-hybridized carbons (Fsp3) is 0.500. The first-order valence-corrected chi connectivity index (χ1v) is 6.90. The quantitative estimate of drug-likeness (QED) is 0.855. The van der Waals surface area contributed by atoms with E-state index in [1.165, 1.54) is 6.07 Å². The third kappa shape index (κ3) is 2.08. The van der Waals surface area contributed by atoms with Gasteiger partial charge in [0.2, 0.25) is 0 Å². The summed E-state index contributed by atoms with van der Waals surface area (Å²) in [7, 11) is 0. The third-order valence-electron chi connectivity index (χ3n) is 4.45. The van der Waals surface area contributed by atoms with E-state index in [-0.39, 0.29) is 17.5 Å². The van der Waals surface area contributed by atoms with Crippen LogP contribution in [-0.4, -0.2) is 32.9 Å². The summed E-state index contributed by atoms with van der Waals surface area (Å²) in [5, 5.41) is 11.9. The maximum Gasteiger partial charge on any atom is 0.182 e. The van der Waals surface area contributed by atoms with Crippen molar-refractivity contribution in [3.63, 3.8) is 0 Å². The van der Waals surface area contributed by atoms with Crippen molar-refractivity contribution in [3.8, 4) is 11.4 Å². The van der Waals surface area contributed by atoms with Crippen LogP contribution in [0.3, 0.4) is 0 Å². The van der Waals surface area contributed by atoms with Gasteiger partial charge in [0.25, 0.3) is 0 Å². The Morgan fingerprint density at radius 1 is 1.48 bits per heavy atom. The molecule has 2 heterocycles. The molecule has 0 aliphatic carbocycles. The van der Waals surface area contributed by atoms with Crippen molar-refractivity contribution in [3.05, 3.63) is 23.5 Å². The van der Waals surface area contributed by atoms with Gasteiger partial charge >= 0.3 is 0 Å². The Morgan fingerprint density at radius 3 is 2.86 bits per heavy atom. The Morgan fingerprint density at radius 2 is 2.24 bits per heavy atom. The maximum absolute atomic E-state index is 13.9. The van der Waals surface area contributed by atoms with Crippen LogP contribution in [0.4, 0.5) is 10.1 Å². The van der Waals surface area contributed by atoms with Crippen LogP contribution in [0.1, 0.15) is 25.8 Å². The molecule has 3 rings (SSSR count). The Kier molecular flexibility index (Phi) is 3.16. The number of halogens is 1. The number of rotatable bonds is 2. The van der Waals surface area contributed by atoms with Gasteiger partial charge < -0.3 is 10.5 Å². The fourth-order valence-corrected chi connectivity index (χ4v) is 2.64. The van der Waals surface area contributed by atoms with Crippen molar-refractivity contribution in [2.24, 2.45) is 0 Å². The first-order chi connectivity index (χ1) is 9.93. The van der Waals surface area contributed by atoms with E-state index < -0.39 is 0 Å². The van der Waals surface area contributed by atoms with Crippen LogP contribution >= 0.6 is 0 Å². The molecule has 0 bridgehead atoms. The molecular weight excluding hydrogens is 273 g/mol. The SMILES string of the molecule is Cc1c(N)cc(-c2nnnn2C2(C)CCOC2C)cc1F. The van der Waals surface area contributed by atoms with Gasteiger partial charge in [0.1, 0.15) is 5.82 Å². The van der Waals surface area contributed by atoms with Crippen LogP contribution in [0.2, 0.25) is 0 Å². The number of hydrogen-bond donors (Lipinski definition) is 1. The van der Waals surface area contributed by atoms with Gasteiger partial charge in [-0.2, -0.15) is 0 Å². The molecule has 2 unspecified atom stereocenters. The molecule has 0 radical (unpaired) electrons. The maximum atomic E-state index is 13.9. The monoisotopic (exact) mass is 291 g/mol. The lowest BCUT2D eigenvalue weighted by molar-refractivity contribution is 0.0706. The zero-order chi connectivity index (χ0) is 15.2. The lowest BCUT2D eigenvalue weighted by Gasteiger charge is -2.28. The summed E-state index contributed by atoms with van der Waals surface area (Å²) in [5.74, 6) is 0.140. The second kappa shape index (κ2) is 4.77. The molecule has 1 aliphatic rings. The van der Waals surface area contributed by atoms with Gasteiger partial charge in [-0.05, 0) is 49.8 Å². The van der Waals surface area contributed by atoms with Gasteiger partial charge in [0.15, 0.2) is 5.82 Å². The highest BCUT2D eigenvalue weighted by Gasteiger charge is 2.41. The van der Waals surface area contributed by atoms with Crippen molar-refractivity contribution < 1.29 is 9.13 Å². The number of aromatic nitrogens is 4. The van der Waals surface area contributed by atoms with E-state index in [0.29, 0.717) is 29.2 Å². The Hall–Kier alpha value is -2.02. The minimum atomic E-state index is -0.361. The molecule has 1 fully saturated rings. The molecule has 21 heavy (non-hydrogen) atoms. The molecule has 0 saturated carbocycles. The average Bonchev–Trinajstić information content (AvgIpc) is 3.04. The van der Waals surface area contributed by atoms with E-state index in [2.05, 4.69) is 15.5 Å². The topological polar surface area (TPSA) is 78.9 Å². The normalized spacial score (nSPS) is 25.4. The number of tetrazole rings is 1. The molecular formula is C14H18FN5O. The first kappa shape index (κ1) is 13.9. The van der Waals surface area contributed by atoms with E-state index in [4.69, 9.17) is 10.5 Å². The minimum Gasteiger partial charge on any atom is -0.398 e. The molecule has 7 heteroatoms. The number of hydrogen-bond acceptors (Lipinski definition) is 5. The minimum absolute atomic E-state index is 0.0209. The lowest BCUT2D eigenvalue weighted by atomic mass is 9.94. The zero-order valence-corrected chi connectivity index (χ0v) is 12.3. The lowest BCUT2D eigenvalue weighted by Crippen LogP contribution is -2.38.